The molecule has 1 N–H and O–H groups in total. The summed E-state index contributed by atoms with van der Waals surface area (Å²) < 4.78 is 36.4. The van der Waals surface area contributed by atoms with Crippen molar-refractivity contribution in [3.8, 4) is 6.07 Å². The molecule has 20 heavy (non-hydrogen) atoms. The zero-order valence-electron chi connectivity index (χ0n) is 11.5. The number of methoxy groups -OCH3 is 1. The van der Waals surface area contributed by atoms with Crippen LogP contribution in [0.15, 0.2) is 23.1 Å². The standard InChI is InChI=1S/C13H18N2O4S/c1-11-9-13(4-3-12(11)10-14)20(16,17)15-5-6-19-8-7-18-2/h3-4,9,15H,5-8H2,1-2H3. The van der Waals surface area contributed by atoms with E-state index >= 15 is 0 Å². The zero-order valence-corrected chi connectivity index (χ0v) is 12.4. The van der Waals surface area contributed by atoms with Gasteiger partial charge in [-0.05, 0) is 30.7 Å². The highest BCUT2D eigenvalue weighted by molar-refractivity contribution is 7.89. The lowest BCUT2D eigenvalue weighted by atomic mass is 10.1. The number of sulfonamides is 1. The fourth-order valence-electron chi connectivity index (χ4n) is 1.50. The predicted octanol–water partition coefficient (Wildman–Crippen LogP) is 0.808. The first-order valence-electron chi connectivity index (χ1n) is 6.08. The van der Waals surface area contributed by atoms with Gasteiger partial charge in [-0.3, -0.25) is 0 Å². The Labute approximate surface area is 119 Å². The average molecular weight is 298 g/mol. The lowest BCUT2D eigenvalue weighted by Crippen LogP contribution is -2.28. The van der Waals surface area contributed by atoms with Crippen LogP contribution in [0.4, 0.5) is 0 Å². The van der Waals surface area contributed by atoms with Gasteiger partial charge >= 0.3 is 0 Å². The van der Waals surface area contributed by atoms with E-state index in [0.29, 0.717) is 24.3 Å². The molecule has 0 spiro atoms. The first-order chi connectivity index (χ1) is 9.51. The lowest BCUT2D eigenvalue weighted by Gasteiger charge is -2.08. The highest BCUT2D eigenvalue weighted by Crippen LogP contribution is 2.14. The van der Waals surface area contributed by atoms with Crippen molar-refractivity contribution >= 4 is 10.0 Å². The summed E-state index contributed by atoms with van der Waals surface area (Å²) in [5.41, 5.74) is 1.10. The molecule has 0 aliphatic rings. The monoisotopic (exact) mass is 298 g/mol. The molecule has 0 aromatic heterocycles. The van der Waals surface area contributed by atoms with Crippen LogP contribution in [0.2, 0.25) is 0 Å². The summed E-state index contributed by atoms with van der Waals surface area (Å²) >= 11 is 0. The normalized spacial score (nSPS) is 11.2. The van der Waals surface area contributed by atoms with E-state index in [4.69, 9.17) is 14.7 Å². The second-order valence-electron chi connectivity index (χ2n) is 4.09. The second kappa shape index (κ2) is 7.97. The number of nitriles is 1. The molecule has 0 amide bonds. The number of ether oxygens (including phenoxy) is 2. The first kappa shape index (κ1) is 16.6. The second-order valence-corrected chi connectivity index (χ2v) is 5.86. The third-order valence-electron chi connectivity index (χ3n) is 2.60. The predicted molar refractivity (Wildman–Crippen MR) is 73.8 cm³/mol. The van der Waals surface area contributed by atoms with E-state index in [0.717, 1.165) is 0 Å². The third-order valence-corrected chi connectivity index (χ3v) is 4.06. The number of hydrogen-bond donors (Lipinski definition) is 1. The molecule has 0 heterocycles. The maximum Gasteiger partial charge on any atom is 0.240 e. The number of nitrogens with zero attached hydrogens (tertiary/aromatic N) is 1. The van der Waals surface area contributed by atoms with Crippen molar-refractivity contribution in [2.24, 2.45) is 0 Å². The number of nitrogens with one attached hydrogen (secondary N) is 1. The summed E-state index contributed by atoms with van der Waals surface area (Å²) in [5, 5.41) is 8.81. The number of aryl methyl sites for hydroxylation is 1. The summed E-state index contributed by atoms with van der Waals surface area (Å²) in [5.74, 6) is 0. The fraction of sp³-hybridized carbons (Fsp3) is 0.462. The minimum Gasteiger partial charge on any atom is -0.382 e. The molecule has 0 saturated heterocycles. The number of hydrogen-bond acceptors (Lipinski definition) is 5. The molecule has 0 aliphatic heterocycles. The Morgan fingerprint density at radius 3 is 2.65 bits per heavy atom. The minimum absolute atomic E-state index is 0.144. The van der Waals surface area contributed by atoms with Crippen LogP contribution in [0.25, 0.3) is 0 Å². The van der Waals surface area contributed by atoms with Crippen LogP contribution < -0.4 is 4.72 Å². The summed E-state index contributed by atoms with van der Waals surface area (Å²) in [6.45, 7) is 3.06. The van der Waals surface area contributed by atoms with Gasteiger partial charge in [0, 0.05) is 13.7 Å². The van der Waals surface area contributed by atoms with Crippen molar-refractivity contribution in [1.29, 1.82) is 5.26 Å². The van der Waals surface area contributed by atoms with E-state index in [-0.39, 0.29) is 18.0 Å². The van der Waals surface area contributed by atoms with Crippen LogP contribution in [-0.4, -0.2) is 41.9 Å². The topological polar surface area (TPSA) is 88.4 Å². The van der Waals surface area contributed by atoms with Crippen molar-refractivity contribution in [2.45, 2.75) is 11.8 Å². The Bertz CT molecular complexity index is 579. The van der Waals surface area contributed by atoms with E-state index in [1.165, 1.54) is 18.2 Å². The Hall–Kier alpha value is -1.46. The summed E-state index contributed by atoms with van der Waals surface area (Å²) in [7, 11) is -2.00. The zero-order chi connectivity index (χ0) is 15.0. The van der Waals surface area contributed by atoms with Crippen molar-refractivity contribution in [1.82, 2.24) is 4.72 Å². The van der Waals surface area contributed by atoms with E-state index in [1.807, 2.05) is 6.07 Å². The van der Waals surface area contributed by atoms with Gasteiger partial charge in [-0.15, -0.1) is 0 Å². The van der Waals surface area contributed by atoms with Gasteiger partial charge in [0.05, 0.1) is 36.3 Å². The van der Waals surface area contributed by atoms with Gasteiger partial charge in [-0.25, -0.2) is 13.1 Å². The van der Waals surface area contributed by atoms with Gasteiger partial charge in [0.25, 0.3) is 0 Å². The van der Waals surface area contributed by atoms with E-state index in [9.17, 15) is 8.42 Å². The fourth-order valence-corrected chi connectivity index (χ4v) is 2.60. The van der Waals surface area contributed by atoms with E-state index in [1.54, 1.807) is 14.0 Å². The first-order valence-corrected chi connectivity index (χ1v) is 7.56. The van der Waals surface area contributed by atoms with Gasteiger partial charge < -0.3 is 9.47 Å². The highest BCUT2D eigenvalue weighted by atomic mass is 32.2. The molecule has 110 valence electrons. The SMILES string of the molecule is COCCOCCNS(=O)(=O)c1ccc(C#N)c(C)c1. The molecule has 1 rings (SSSR count). The molecular formula is C13H18N2O4S. The van der Waals surface area contributed by atoms with Gasteiger partial charge in [0.1, 0.15) is 0 Å². The molecule has 0 aliphatic carbocycles. The quantitative estimate of drug-likeness (QED) is 0.717. The van der Waals surface area contributed by atoms with Crippen LogP contribution in [0.1, 0.15) is 11.1 Å². The van der Waals surface area contributed by atoms with Crippen LogP contribution in [-0.2, 0) is 19.5 Å². The highest BCUT2D eigenvalue weighted by Gasteiger charge is 2.14. The van der Waals surface area contributed by atoms with Crippen LogP contribution >= 0.6 is 0 Å². The Balaban J connectivity index is 2.57. The maximum absolute atomic E-state index is 12.0. The Morgan fingerprint density at radius 2 is 2.05 bits per heavy atom. The molecule has 0 atom stereocenters. The molecule has 0 fully saturated rings. The van der Waals surface area contributed by atoms with Crippen molar-refractivity contribution in [3.63, 3.8) is 0 Å². The molecule has 1 aromatic rings. The molecule has 7 heteroatoms. The third kappa shape index (κ3) is 4.90. The van der Waals surface area contributed by atoms with Gasteiger partial charge in [0.2, 0.25) is 10.0 Å². The van der Waals surface area contributed by atoms with E-state index in [2.05, 4.69) is 4.72 Å². The average Bonchev–Trinajstić information content (AvgIpc) is 2.42. The van der Waals surface area contributed by atoms with Crippen molar-refractivity contribution in [3.05, 3.63) is 29.3 Å². The molecule has 0 bridgehead atoms. The van der Waals surface area contributed by atoms with E-state index < -0.39 is 10.0 Å². The largest absolute Gasteiger partial charge is 0.382 e. The number of benzene rings is 1. The summed E-state index contributed by atoms with van der Waals surface area (Å²) in [6.07, 6.45) is 0. The summed E-state index contributed by atoms with van der Waals surface area (Å²) in [6, 6.07) is 6.39. The van der Waals surface area contributed by atoms with Gasteiger partial charge in [0.15, 0.2) is 0 Å². The van der Waals surface area contributed by atoms with Gasteiger partial charge in [-0.1, -0.05) is 0 Å². The van der Waals surface area contributed by atoms with Crippen LogP contribution in [0.3, 0.4) is 0 Å². The molecule has 0 saturated carbocycles. The lowest BCUT2D eigenvalue weighted by molar-refractivity contribution is 0.0736. The van der Waals surface area contributed by atoms with Crippen LogP contribution in [0, 0.1) is 18.3 Å². The molecule has 1 aromatic carbocycles. The minimum atomic E-state index is -3.57. The van der Waals surface area contributed by atoms with Crippen molar-refractivity contribution in [2.75, 3.05) is 33.5 Å². The van der Waals surface area contributed by atoms with Gasteiger partial charge in [-0.2, -0.15) is 5.26 Å². The Kier molecular flexibility index (Phi) is 6.61. The Morgan fingerprint density at radius 1 is 1.30 bits per heavy atom. The maximum atomic E-state index is 12.0. The molecule has 0 radical (unpaired) electrons. The van der Waals surface area contributed by atoms with Crippen LogP contribution in [0.5, 0.6) is 0 Å². The smallest absolute Gasteiger partial charge is 0.240 e. The number of rotatable bonds is 8. The molecular weight excluding hydrogens is 280 g/mol. The molecule has 0 unspecified atom stereocenters. The van der Waals surface area contributed by atoms with Crippen molar-refractivity contribution < 1.29 is 17.9 Å². The molecule has 6 nitrogen and oxygen atoms in total. The summed E-state index contributed by atoms with van der Waals surface area (Å²) in [4.78, 5) is 0.144.